The van der Waals surface area contributed by atoms with Crippen LogP contribution in [0.3, 0.4) is 0 Å². The molecule has 1 saturated heterocycles. The Bertz CT molecular complexity index is 375. The number of hydrogen-bond donors (Lipinski definition) is 1. The van der Waals surface area contributed by atoms with Gasteiger partial charge in [-0.25, -0.2) is 0 Å². The first kappa shape index (κ1) is 12.2. The van der Waals surface area contributed by atoms with E-state index in [0.717, 1.165) is 37.5 Å². The van der Waals surface area contributed by atoms with Crippen molar-refractivity contribution >= 4 is 0 Å². The maximum Gasteiger partial charge on any atom is 0.0819 e. The molecule has 0 spiro atoms. The van der Waals surface area contributed by atoms with E-state index in [4.69, 9.17) is 4.74 Å². The van der Waals surface area contributed by atoms with E-state index in [1.165, 1.54) is 24.8 Å². The molecule has 0 radical (unpaired) electrons. The number of hydrogen-bond acceptors (Lipinski definition) is 2. The van der Waals surface area contributed by atoms with Crippen LogP contribution < -0.4 is 0 Å². The third-order valence-corrected chi connectivity index (χ3v) is 4.57. The van der Waals surface area contributed by atoms with Crippen LogP contribution in [-0.2, 0) is 4.74 Å². The van der Waals surface area contributed by atoms with Gasteiger partial charge in [-0.2, -0.15) is 0 Å². The lowest BCUT2D eigenvalue weighted by atomic mass is 9.79. The summed E-state index contributed by atoms with van der Waals surface area (Å²) in [5, 5.41) is 10.4. The van der Waals surface area contributed by atoms with Gasteiger partial charge in [0.2, 0.25) is 0 Å². The van der Waals surface area contributed by atoms with Crippen LogP contribution >= 0.6 is 0 Å². The standard InChI is InChI=1S/C16H22O2/c17-16(15-8-10-18-11-9-15)14-6-4-13(5-7-14)12-2-1-3-12/h4-7,12,15-17H,1-3,8-11H2. The first-order chi connectivity index (χ1) is 8.84. The third kappa shape index (κ3) is 2.45. The molecule has 1 aliphatic carbocycles. The molecule has 1 aliphatic heterocycles. The minimum Gasteiger partial charge on any atom is -0.388 e. The van der Waals surface area contributed by atoms with E-state index >= 15 is 0 Å². The summed E-state index contributed by atoms with van der Waals surface area (Å²) in [7, 11) is 0. The topological polar surface area (TPSA) is 29.5 Å². The Balaban J connectivity index is 1.67. The molecule has 1 saturated carbocycles. The average Bonchev–Trinajstić information content (AvgIpc) is 2.38. The zero-order valence-electron chi connectivity index (χ0n) is 10.8. The largest absolute Gasteiger partial charge is 0.388 e. The summed E-state index contributed by atoms with van der Waals surface area (Å²) in [6.45, 7) is 1.59. The molecule has 18 heavy (non-hydrogen) atoms. The molecule has 0 aromatic heterocycles. The van der Waals surface area contributed by atoms with Crippen LogP contribution in [-0.4, -0.2) is 18.3 Å². The molecule has 0 amide bonds. The molecular formula is C16H22O2. The number of benzene rings is 1. The SMILES string of the molecule is OC(c1ccc(C2CCC2)cc1)C1CCOCC1. The molecule has 0 bridgehead atoms. The average molecular weight is 246 g/mol. The molecule has 1 N–H and O–H groups in total. The molecular weight excluding hydrogens is 224 g/mol. The van der Waals surface area contributed by atoms with Gasteiger partial charge in [-0.15, -0.1) is 0 Å². The molecule has 1 heterocycles. The number of aliphatic hydroxyl groups excluding tert-OH is 1. The highest BCUT2D eigenvalue weighted by molar-refractivity contribution is 5.28. The zero-order valence-corrected chi connectivity index (χ0v) is 10.8. The van der Waals surface area contributed by atoms with Gasteiger partial charge < -0.3 is 9.84 Å². The lowest BCUT2D eigenvalue weighted by Crippen LogP contribution is -2.22. The van der Waals surface area contributed by atoms with Crippen LogP contribution in [0, 0.1) is 5.92 Å². The maximum atomic E-state index is 10.4. The predicted molar refractivity (Wildman–Crippen MR) is 71.5 cm³/mol. The first-order valence-corrected chi connectivity index (χ1v) is 7.20. The van der Waals surface area contributed by atoms with Crippen molar-refractivity contribution in [3.63, 3.8) is 0 Å². The summed E-state index contributed by atoms with van der Waals surface area (Å²) in [6.07, 6.45) is 5.68. The van der Waals surface area contributed by atoms with Gasteiger partial charge in [0, 0.05) is 13.2 Å². The van der Waals surface area contributed by atoms with Gasteiger partial charge >= 0.3 is 0 Å². The van der Waals surface area contributed by atoms with Gasteiger partial charge in [-0.05, 0) is 48.6 Å². The van der Waals surface area contributed by atoms with E-state index in [0.29, 0.717) is 5.92 Å². The predicted octanol–water partition coefficient (Wildman–Crippen LogP) is 3.41. The summed E-state index contributed by atoms with van der Waals surface area (Å²) in [5.74, 6) is 1.15. The highest BCUT2D eigenvalue weighted by atomic mass is 16.5. The zero-order chi connectivity index (χ0) is 12.4. The molecule has 2 nitrogen and oxygen atoms in total. The summed E-state index contributed by atoms with van der Waals surface area (Å²) in [6, 6.07) is 8.66. The van der Waals surface area contributed by atoms with Crippen molar-refractivity contribution in [1.29, 1.82) is 0 Å². The minimum absolute atomic E-state index is 0.315. The molecule has 98 valence electrons. The normalized spacial score (nSPS) is 23.6. The van der Waals surface area contributed by atoms with Crippen LogP contribution in [0.5, 0.6) is 0 Å². The van der Waals surface area contributed by atoms with E-state index in [9.17, 15) is 5.11 Å². The Morgan fingerprint density at radius 2 is 1.67 bits per heavy atom. The molecule has 2 aliphatic rings. The van der Waals surface area contributed by atoms with Crippen molar-refractivity contribution in [2.24, 2.45) is 5.92 Å². The molecule has 1 aromatic carbocycles. The molecule has 1 atom stereocenters. The smallest absolute Gasteiger partial charge is 0.0819 e. The van der Waals surface area contributed by atoms with Crippen LogP contribution in [0.2, 0.25) is 0 Å². The Hall–Kier alpha value is -0.860. The Labute approximate surface area is 109 Å². The second-order valence-electron chi connectivity index (χ2n) is 5.69. The van der Waals surface area contributed by atoms with E-state index in [1.807, 2.05) is 0 Å². The molecule has 1 unspecified atom stereocenters. The van der Waals surface area contributed by atoms with Crippen molar-refractivity contribution in [2.75, 3.05) is 13.2 Å². The Kier molecular flexibility index (Phi) is 3.67. The number of aliphatic hydroxyl groups is 1. The van der Waals surface area contributed by atoms with Crippen LogP contribution in [0.15, 0.2) is 24.3 Å². The van der Waals surface area contributed by atoms with E-state index in [2.05, 4.69) is 24.3 Å². The lowest BCUT2D eigenvalue weighted by Gasteiger charge is -2.28. The van der Waals surface area contributed by atoms with Crippen molar-refractivity contribution in [3.05, 3.63) is 35.4 Å². The van der Waals surface area contributed by atoms with E-state index < -0.39 is 0 Å². The van der Waals surface area contributed by atoms with Gasteiger partial charge in [0.15, 0.2) is 0 Å². The van der Waals surface area contributed by atoms with Crippen molar-refractivity contribution in [3.8, 4) is 0 Å². The summed E-state index contributed by atoms with van der Waals surface area (Å²) >= 11 is 0. The van der Waals surface area contributed by atoms with Gasteiger partial charge in [0.1, 0.15) is 0 Å². The quantitative estimate of drug-likeness (QED) is 0.885. The van der Waals surface area contributed by atoms with Crippen LogP contribution in [0.1, 0.15) is 55.3 Å². The monoisotopic (exact) mass is 246 g/mol. The van der Waals surface area contributed by atoms with Gasteiger partial charge in [-0.1, -0.05) is 30.7 Å². The number of ether oxygens (including phenoxy) is 1. The van der Waals surface area contributed by atoms with E-state index in [-0.39, 0.29) is 6.10 Å². The van der Waals surface area contributed by atoms with Crippen molar-refractivity contribution < 1.29 is 9.84 Å². The fraction of sp³-hybridized carbons (Fsp3) is 0.625. The van der Waals surface area contributed by atoms with Crippen molar-refractivity contribution in [2.45, 2.75) is 44.1 Å². The fourth-order valence-corrected chi connectivity index (χ4v) is 3.01. The van der Waals surface area contributed by atoms with Gasteiger partial charge in [0.25, 0.3) is 0 Å². The summed E-state index contributed by atoms with van der Waals surface area (Å²) in [4.78, 5) is 0. The third-order valence-electron chi connectivity index (χ3n) is 4.57. The molecule has 1 aromatic rings. The van der Waals surface area contributed by atoms with E-state index in [1.54, 1.807) is 0 Å². The summed E-state index contributed by atoms with van der Waals surface area (Å²) < 4.78 is 5.35. The Morgan fingerprint density at radius 3 is 2.22 bits per heavy atom. The summed E-state index contributed by atoms with van der Waals surface area (Å²) in [5.41, 5.74) is 2.52. The van der Waals surface area contributed by atoms with Crippen LogP contribution in [0.25, 0.3) is 0 Å². The number of rotatable bonds is 3. The maximum absolute atomic E-state index is 10.4. The highest BCUT2D eigenvalue weighted by Crippen LogP contribution is 2.37. The molecule has 2 fully saturated rings. The first-order valence-electron chi connectivity index (χ1n) is 7.20. The lowest BCUT2D eigenvalue weighted by molar-refractivity contribution is 0.00717. The van der Waals surface area contributed by atoms with Crippen molar-refractivity contribution in [1.82, 2.24) is 0 Å². The van der Waals surface area contributed by atoms with Gasteiger partial charge in [0.05, 0.1) is 6.10 Å². The fourth-order valence-electron chi connectivity index (χ4n) is 3.01. The second-order valence-corrected chi connectivity index (χ2v) is 5.69. The molecule has 3 rings (SSSR count). The highest BCUT2D eigenvalue weighted by Gasteiger charge is 2.24. The molecule has 2 heteroatoms. The Morgan fingerprint density at radius 1 is 1.00 bits per heavy atom. The van der Waals surface area contributed by atoms with Crippen LogP contribution in [0.4, 0.5) is 0 Å². The second kappa shape index (κ2) is 5.41. The minimum atomic E-state index is -0.315. The van der Waals surface area contributed by atoms with Gasteiger partial charge in [-0.3, -0.25) is 0 Å².